The maximum Gasteiger partial charge on any atom is 0.414 e. The summed E-state index contributed by atoms with van der Waals surface area (Å²) in [6.07, 6.45) is 11.4. The molecule has 6 atom stereocenters. The average Bonchev–Trinajstić information content (AvgIpc) is 4.08. The number of hydrogen-bond donors (Lipinski definition) is 5. The van der Waals surface area contributed by atoms with Crippen molar-refractivity contribution in [2.45, 2.75) is 216 Å². The molecule has 5 rings (SSSR count). The van der Waals surface area contributed by atoms with Gasteiger partial charge in [0.25, 0.3) is 5.91 Å². The molecule has 0 aliphatic carbocycles. The fourth-order valence-electron chi connectivity index (χ4n) is 10.1. The quantitative estimate of drug-likeness (QED) is 0.0178. The summed E-state index contributed by atoms with van der Waals surface area (Å²) in [5.74, 6) is 2.86. The molecule has 0 aromatic heterocycles. The number of rotatable bonds is 39. The molecule has 3 amide bonds. The molecule has 462 valence electrons. The van der Waals surface area contributed by atoms with E-state index in [1.54, 1.807) is 12.1 Å². The molecule has 0 radical (unpaired) electrons. The third-order valence-corrected chi connectivity index (χ3v) is 17.0. The summed E-state index contributed by atoms with van der Waals surface area (Å²) < 4.78 is 27.1. The Balaban J connectivity index is 0.976. The Bertz CT molecular complexity index is 2280. The van der Waals surface area contributed by atoms with Crippen LogP contribution in [0.5, 0.6) is 0 Å². The summed E-state index contributed by atoms with van der Waals surface area (Å²) >= 11 is 3.76. The number of ether oxygens (including phenoxy) is 5. The molecule has 2 saturated heterocycles. The van der Waals surface area contributed by atoms with Crippen molar-refractivity contribution < 1.29 is 57.2 Å². The molecule has 1 aromatic rings. The Morgan fingerprint density at radius 2 is 0.988 bits per heavy atom. The lowest BCUT2D eigenvalue weighted by Crippen LogP contribution is -2.44. The molecule has 2 fully saturated rings. The molecule has 22 nitrogen and oxygen atoms in total. The molecule has 24 heteroatoms. The van der Waals surface area contributed by atoms with Gasteiger partial charge in [-0.05, 0) is 122 Å². The number of azide groups is 1. The van der Waals surface area contributed by atoms with Crippen LogP contribution in [0, 0.1) is 0 Å². The molecule has 0 bridgehead atoms. The van der Waals surface area contributed by atoms with E-state index in [4.69, 9.17) is 39.2 Å². The molecule has 4 heterocycles. The lowest BCUT2D eigenvalue weighted by atomic mass is 9.96. The van der Waals surface area contributed by atoms with Crippen molar-refractivity contribution in [3.63, 3.8) is 0 Å². The lowest BCUT2D eigenvalue weighted by Gasteiger charge is -2.19. The van der Waals surface area contributed by atoms with Gasteiger partial charge in [0.1, 0.15) is 34.3 Å². The van der Waals surface area contributed by atoms with Crippen LogP contribution >= 0.6 is 23.5 Å². The van der Waals surface area contributed by atoms with E-state index < -0.39 is 23.4 Å². The number of aliphatic imine (C=N–C) groups is 2. The highest BCUT2D eigenvalue weighted by atomic mass is 32.2. The van der Waals surface area contributed by atoms with Crippen LogP contribution in [-0.4, -0.2) is 163 Å². The number of alkyl carbamates (subject to hydrolysis) is 2. The highest BCUT2D eigenvalue weighted by Crippen LogP contribution is 2.37. The zero-order chi connectivity index (χ0) is 60.0. The summed E-state index contributed by atoms with van der Waals surface area (Å²) in [4.78, 5) is 102. The zero-order valence-electron chi connectivity index (χ0n) is 49.9. The van der Waals surface area contributed by atoms with Crippen LogP contribution < -0.4 is 26.6 Å². The number of ketones is 4. The van der Waals surface area contributed by atoms with Gasteiger partial charge in [-0.25, -0.2) is 19.6 Å². The van der Waals surface area contributed by atoms with Crippen LogP contribution in [0.1, 0.15) is 179 Å². The highest BCUT2D eigenvalue weighted by Gasteiger charge is 2.42. The van der Waals surface area contributed by atoms with Crippen molar-refractivity contribution in [1.82, 2.24) is 26.6 Å². The van der Waals surface area contributed by atoms with Gasteiger partial charge in [-0.15, -0.1) is 0 Å². The van der Waals surface area contributed by atoms with Gasteiger partial charge >= 0.3 is 12.2 Å². The van der Waals surface area contributed by atoms with Crippen LogP contribution in [-0.2, 0) is 55.7 Å². The fraction of sp³-hybridized carbons (Fsp3) is 0.746. The minimum atomic E-state index is -0.599. The first-order valence-corrected chi connectivity index (χ1v) is 32.0. The van der Waals surface area contributed by atoms with Crippen molar-refractivity contribution in [3.05, 3.63) is 45.3 Å². The smallest absolute Gasteiger partial charge is 0.414 e. The number of nitrogens with zero attached hydrogens (tertiary/aromatic N) is 5. The van der Waals surface area contributed by atoms with Crippen molar-refractivity contribution in [3.8, 4) is 0 Å². The fourth-order valence-corrected chi connectivity index (χ4v) is 13.2. The van der Waals surface area contributed by atoms with Crippen molar-refractivity contribution in [2.75, 3.05) is 64.2 Å². The lowest BCUT2D eigenvalue weighted by molar-refractivity contribution is -0.120. The molecular formula is C59H92N10O12S2. The number of benzene rings is 1. The number of unbranched alkanes of at least 4 members (excludes halogenated alkanes) is 6. The Labute approximate surface area is 498 Å². The van der Waals surface area contributed by atoms with Crippen LogP contribution in [0.4, 0.5) is 9.59 Å². The Morgan fingerprint density at radius 3 is 1.42 bits per heavy atom. The molecular weight excluding hydrogens is 1100 g/mol. The van der Waals surface area contributed by atoms with Crippen molar-refractivity contribution in [2.24, 2.45) is 15.1 Å². The number of nitrogens with one attached hydrogen (secondary N) is 5. The van der Waals surface area contributed by atoms with Crippen LogP contribution in [0.2, 0.25) is 0 Å². The van der Waals surface area contributed by atoms with Crippen LogP contribution in [0.3, 0.4) is 0 Å². The highest BCUT2D eigenvalue weighted by molar-refractivity contribution is 8.00. The number of carbonyl (C=O) groups is 7. The monoisotopic (exact) mass is 1200 g/mol. The molecule has 5 N–H and O–H groups in total. The van der Waals surface area contributed by atoms with Gasteiger partial charge in [0.05, 0.1) is 63.8 Å². The third-order valence-electron chi connectivity index (χ3n) is 14.0. The molecule has 4 aliphatic heterocycles. The predicted octanol–water partition coefficient (Wildman–Crippen LogP) is 8.83. The molecule has 0 spiro atoms. The SMILES string of the molecule is CC(C)(C)OC(=O)NC1=NC2C(CSC2CCCCC(=O)CCCCCC(=O)Cc2cc(CC(=O)CCCCCC(=O)CCCCC3SCC4NC(NC(=O)OC(C)(C)C)=NC43)cc(C(=O)NCCOCCOCCOCCN=[N+]=[N-])c2)N1. The van der Waals surface area contributed by atoms with Gasteiger partial charge in [0.15, 0.2) is 0 Å². The predicted molar refractivity (Wildman–Crippen MR) is 323 cm³/mol. The summed E-state index contributed by atoms with van der Waals surface area (Å²) in [5.41, 5.74) is 8.80. The minimum Gasteiger partial charge on any atom is -0.444 e. The summed E-state index contributed by atoms with van der Waals surface area (Å²) in [6.45, 7) is 13.3. The van der Waals surface area contributed by atoms with E-state index >= 15 is 0 Å². The topological polar surface area (TPSA) is 299 Å². The zero-order valence-corrected chi connectivity index (χ0v) is 51.5. The molecule has 6 unspecified atom stereocenters. The van der Waals surface area contributed by atoms with E-state index in [0.29, 0.717) is 136 Å². The minimum absolute atomic E-state index is 0.0181. The molecule has 1 aromatic carbocycles. The van der Waals surface area contributed by atoms with Gasteiger partial charge < -0.3 is 39.6 Å². The van der Waals surface area contributed by atoms with Gasteiger partial charge in [0, 0.05) is 96.9 Å². The van der Waals surface area contributed by atoms with Crippen molar-refractivity contribution in [1.29, 1.82) is 0 Å². The number of Topliss-reactive ketones (excluding diaryl/α,β-unsaturated/α-hetero) is 4. The number of guanidine groups is 2. The van der Waals surface area contributed by atoms with E-state index in [1.165, 1.54) is 0 Å². The third kappa shape index (κ3) is 28.0. The number of hydrogen-bond acceptors (Lipinski definition) is 19. The normalized spacial score (nSPS) is 19.7. The summed E-state index contributed by atoms with van der Waals surface area (Å²) in [6, 6.07) is 5.74. The van der Waals surface area contributed by atoms with Crippen LogP contribution in [0.15, 0.2) is 33.3 Å². The van der Waals surface area contributed by atoms with Crippen LogP contribution in [0.25, 0.3) is 10.4 Å². The molecule has 83 heavy (non-hydrogen) atoms. The Morgan fingerprint density at radius 1 is 0.578 bits per heavy atom. The Hall–Kier alpha value is -5.26. The maximum absolute atomic E-state index is 13.4. The average molecular weight is 1200 g/mol. The van der Waals surface area contributed by atoms with E-state index in [0.717, 1.165) is 62.9 Å². The van der Waals surface area contributed by atoms with Gasteiger partial charge in [-0.3, -0.25) is 34.6 Å². The van der Waals surface area contributed by atoms with E-state index in [-0.39, 0.29) is 85.7 Å². The van der Waals surface area contributed by atoms with Gasteiger partial charge in [-0.1, -0.05) is 36.9 Å². The first-order valence-electron chi connectivity index (χ1n) is 29.9. The largest absolute Gasteiger partial charge is 0.444 e. The summed E-state index contributed by atoms with van der Waals surface area (Å²) in [7, 11) is 0. The number of fused-ring (bicyclic) bond motifs is 2. The first-order chi connectivity index (χ1) is 39.7. The van der Waals surface area contributed by atoms with Gasteiger partial charge in [-0.2, -0.15) is 23.5 Å². The first kappa shape index (κ1) is 68.5. The molecule has 0 saturated carbocycles. The Kier molecular flexibility index (Phi) is 30.2. The second-order valence-electron chi connectivity index (χ2n) is 23.6. The van der Waals surface area contributed by atoms with Gasteiger partial charge in [0.2, 0.25) is 11.9 Å². The second kappa shape index (κ2) is 36.6. The number of thioether (sulfide) groups is 2. The maximum atomic E-state index is 13.4. The summed E-state index contributed by atoms with van der Waals surface area (Å²) in [5, 5.41) is 19.0. The standard InChI is InChI=1S/C59H92N10O12S2/c1-58(2,3)80-56(75)67-54-63-47-38-82-49(51(47)65-54)23-15-13-19-43(70)17-9-7-11-21-45(72)36-40-33-41(35-42(34-40)53(74)61-25-27-77-29-31-79-32-30-78-28-26-62-69-60)37-46(73)22-12-8-10-18-44(71)20-14-16-24-50-52-48(39-83-50)64-55(66-52)68-57(76)81-59(4,5)6/h33-35,47-52H,7-32,36-39H2,1-6H3,(H,61,74)(H2,63,65,67,75)(H2,64,66,68,76). The van der Waals surface area contributed by atoms with E-state index in [2.05, 4.69) is 36.6 Å². The number of amides is 3. The van der Waals surface area contributed by atoms with E-state index in [1.807, 2.05) is 71.1 Å². The van der Waals surface area contributed by atoms with E-state index in [9.17, 15) is 33.6 Å². The second-order valence-corrected chi connectivity index (χ2v) is 26.2. The molecule has 4 aliphatic rings. The van der Waals surface area contributed by atoms with Crippen molar-refractivity contribution >= 4 is 76.7 Å². The number of carbonyl (C=O) groups excluding carboxylic acids is 7.